The molecule has 5 nitrogen and oxygen atoms in total. The van der Waals surface area contributed by atoms with Crippen molar-refractivity contribution in [3.05, 3.63) is 45.3 Å². The van der Waals surface area contributed by atoms with E-state index in [9.17, 15) is 8.42 Å². The van der Waals surface area contributed by atoms with Gasteiger partial charge < -0.3 is 4.52 Å². The van der Waals surface area contributed by atoms with Crippen molar-refractivity contribution in [1.82, 2.24) is 9.46 Å². The summed E-state index contributed by atoms with van der Waals surface area (Å²) in [5.41, 5.74) is 1.00. The summed E-state index contributed by atoms with van der Waals surface area (Å²) in [7, 11) is -2.25. The molecule has 22 heavy (non-hydrogen) atoms. The standard InChI is InChI=1S/C14H16Cl2N2O3S/c1-8-14(10(3)21-17-8)22(19,20)18(4)9(2)12-6-5-11(15)7-13(12)16/h5-7,9H,1-4H3/t9-/m1/s1. The van der Waals surface area contributed by atoms with Gasteiger partial charge in [-0.05, 0) is 38.5 Å². The van der Waals surface area contributed by atoms with Crippen molar-refractivity contribution in [3.63, 3.8) is 0 Å². The molecule has 0 unspecified atom stereocenters. The lowest BCUT2D eigenvalue weighted by atomic mass is 10.1. The predicted molar refractivity (Wildman–Crippen MR) is 85.8 cm³/mol. The third-order valence-electron chi connectivity index (χ3n) is 3.56. The first-order chi connectivity index (χ1) is 10.2. The molecule has 0 radical (unpaired) electrons. The first-order valence-corrected chi connectivity index (χ1v) is 8.71. The number of aromatic nitrogens is 1. The highest BCUT2D eigenvalue weighted by molar-refractivity contribution is 7.89. The minimum absolute atomic E-state index is 0.0898. The van der Waals surface area contributed by atoms with Crippen molar-refractivity contribution in [2.75, 3.05) is 7.05 Å². The van der Waals surface area contributed by atoms with Crippen LogP contribution in [-0.4, -0.2) is 24.9 Å². The van der Waals surface area contributed by atoms with Crippen LogP contribution in [-0.2, 0) is 10.0 Å². The molecular weight excluding hydrogens is 347 g/mol. The zero-order valence-corrected chi connectivity index (χ0v) is 14.9. The Balaban J connectivity index is 2.44. The number of halogens is 2. The van der Waals surface area contributed by atoms with Crippen LogP contribution < -0.4 is 0 Å². The van der Waals surface area contributed by atoms with E-state index in [-0.39, 0.29) is 10.7 Å². The van der Waals surface area contributed by atoms with Crippen LogP contribution >= 0.6 is 23.2 Å². The van der Waals surface area contributed by atoms with Crippen LogP contribution in [0.4, 0.5) is 0 Å². The molecule has 0 N–H and O–H groups in total. The summed E-state index contributed by atoms with van der Waals surface area (Å²) in [5.74, 6) is 0.263. The van der Waals surface area contributed by atoms with Crippen LogP contribution in [0.25, 0.3) is 0 Å². The van der Waals surface area contributed by atoms with Crippen molar-refractivity contribution in [2.45, 2.75) is 31.7 Å². The van der Waals surface area contributed by atoms with E-state index in [0.29, 0.717) is 21.3 Å². The van der Waals surface area contributed by atoms with E-state index in [4.69, 9.17) is 27.7 Å². The van der Waals surface area contributed by atoms with E-state index in [2.05, 4.69) is 5.16 Å². The second kappa shape index (κ2) is 6.20. The Hall–Kier alpha value is -1.08. The summed E-state index contributed by atoms with van der Waals surface area (Å²) in [5, 5.41) is 4.62. The summed E-state index contributed by atoms with van der Waals surface area (Å²) in [4.78, 5) is 0.0898. The lowest BCUT2D eigenvalue weighted by Gasteiger charge is -2.25. The van der Waals surface area contributed by atoms with Gasteiger partial charge in [0.2, 0.25) is 10.0 Å². The number of benzene rings is 1. The quantitative estimate of drug-likeness (QED) is 0.824. The summed E-state index contributed by atoms with van der Waals surface area (Å²) < 4.78 is 31.8. The molecule has 1 aromatic heterocycles. The number of hydrogen-bond acceptors (Lipinski definition) is 4. The van der Waals surface area contributed by atoms with Gasteiger partial charge in [0.15, 0.2) is 5.76 Å². The Morgan fingerprint density at radius 1 is 1.27 bits per heavy atom. The van der Waals surface area contributed by atoms with Crippen LogP contribution in [0, 0.1) is 13.8 Å². The van der Waals surface area contributed by atoms with Crippen LogP contribution in [0.1, 0.15) is 30.0 Å². The summed E-state index contributed by atoms with van der Waals surface area (Å²) in [6.45, 7) is 4.92. The fourth-order valence-corrected chi connectivity index (χ4v) is 4.43. The fourth-order valence-electron chi connectivity index (χ4n) is 2.23. The summed E-state index contributed by atoms with van der Waals surface area (Å²) in [6, 6.07) is 4.51. The molecule has 0 amide bonds. The molecular formula is C14H16Cl2N2O3S. The fraction of sp³-hybridized carbons (Fsp3) is 0.357. The van der Waals surface area contributed by atoms with Crippen molar-refractivity contribution in [3.8, 4) is 0 Å². The number of aryl methyl sites for hydroxylation is 2. The van der Waals surface area contributed by atoms with Crippen LogP contribution in [0.3, 0.4) is 0 Å². The zero-order chi connectivity index (χ0) is 16.7. The highest BCUT2D eigenvalue weighted by Gasteiger charge is 2.32. The molecule has 2 rings (SSSR count). The molecule has 0 spiro atoms. The Bertz CT molecular complexity index is 783. The minimum atomic E-state index is -3.75. The van der Waals surface area contributed by atoms with E-state index < -0.39 is 16.1 Å². The number of hydrogen-bond donors (Lipinski definition) is 0. The molecule has 0 aliphatic carbocycles. The van der Waals surface area contributed by atoms with Gasteiger partial charge in [-0.2, -0.15) is 4.31 Å². The van der Waals surface area contributed by atoms with Gasteiger partial charge in [0.25, 0.3) is 0 Å². The van der Waals surface area contributed by atoms with Gasteiger partial charge in [-0.3, -0.25) is 0 Å². The van der Waals surface area contributed by atoms with E-state index in [0.717, 1.165) is 0 Å². The highest BCUT2D eigenvalue weighted by Crippen LogP contribution is 2.33. The van der Waals surface area contributed by atoms with Crippen molar-refractivity contribution in [2.24, 2.45) is 0 Å². The smallest absolute Gasteiger partial charge is 0.248 e. The average molecular weight is 363 g/mol. The summed E-state index contributed by atoms with van der Waals surface area (Å²) >= 11 is 12.0. The Morgan fingerprint density at radius 2 is 1.91 bits per heavy atom. The highest BCUT2D eigenvalue weighted by atomic mass is 35.5. The summed E-state index contributed by atoms with van der Waals surface area (Å²) in [6.07, 6.45) is 0. The molecule has 0 aliphatic heterocycles. The van der Waals surface area contributed by atoms with Gasteiger partial charge in [-0.1, -0.05) is 34.4 Å². The molecule has 0 aliphatic rings. The number of sulfonamides is 1. The maximum atomic E-state index is 12.8. The van der Waals surface area contributed by atoms with E-state index in [1.165, 1.54) is 11.4 Å². The third kappa shape index (κ3) is 3.01. The second-order valence-corrected chi connectivity index (χ2v) is 7.79. The first kappa shape index (κ1) is 17.3. The molecule has 0 fully saturated rings. The molecule has 8 heteroatoms. The number of rotatable bonds is 4. The third-order valence-corrected chi connectivity index (χ3v) is 6.30. The molecule has 1 aromatic carbocycles. The minimum Gasteiger partial charge on any atom is -0.360 e. The zero-order valence-electron chi connectivity index (χ0n) is 12.6. The van der Waals surface area contributed by atoms with Gasteiger partial charge in [0, 0.05) is 23.1 Å². The SMILES string of the molecule is Cc1noc(C)c1S(=O)(=O)N(C)[C@H](C)c1ccc(Cl)cc1Cl. The van der Waals surface area contributed by atoms with Gasteiger partial charge in [0.05, 0.1) is 0 Å². The monoisotopic (exact) mass is 362 g/mol. The predicted octanol–water partition coefficient (Wildman–Crippen LogP) is 3.98. The number of nitrogens with zero attached hydrogens (tertiary/aromatic N) is 2. The van der Waals surface area contributed by atoms with Gasteiger partial charge in [-0.25, -0.2) is 8.42 Å². The molecule has 0 saturated carbocycles. The normalized spacial score (nSPS) is 13.6. The van der Waals surface area contributed by atoms with Gasteiger partial charge in [-0.15, -0.1) is 0 Å². The van der Waals surface area contributed by atoms with E-state index in [1.807, 2.05) is 0 Å². The second-order valence-electron chi connectivity index (χ2n) is 5.02. The molecule has 1 heterocycles. The molecule has 120 valence electrons. The van der Waals surface area contributed by atoms with Gasteiger partial charge >= 0.3 is 0 Å². The lowest BCUT2D eigenvalue weighted by molar-refractivity contribution is 0.384. The Labute approximate surface area is 139 Å². The first-order valence-electron chi connectivity index (χ1n) is 6.52. The maximum Gasteiger partial charge on any atom is 0.248 e. The molecule has 0 saturated heterocycles. The Morgan fingerprint density at radius 3 is 2.41 bits per heavy atom. The van der Waals surface area contributed by atoms with Gasteiger partial charge in [0.1, 0.15) is 10.6 Å². The van der Waals surface area contributed by atoms with Crippen molar-refractivity contribution in [1.29, 1.82) is 0 Å². The van der Waals surface area contributed by atoms with Crippen molar-refractivity contribution < 1.29 is 12.9 Å². The molecule has 0 bridgehead atoms. The largest absolute Gasteiger partial charge is 0.360 e. The van der Waals surface area contributed by atoms with E-state index in [1.54, 1.807) is 39.0 Å². The van der Waals surface area contributed by atoms with Crippen LogP contribution in [0.5, 0.6) is 0 Å². The average Bonchev–Trinajstić information content (AvgIpc) is 2.77. The Kier molecular flexibility index (Phi) is 4.87. The topological polar surface area (TPSA) is 63.4 Å². The lowest BCUT2D eigenvalue weighted by Crippen LogP contribution is -2.30. The molecule has 1 atom stereocenters. The van der Waals surface area contributed by atoms with Crippen LogP contribution in [0.15, 0.2) is 27.6 Å². The van der Waals surface area contributed by atoms with Crippen LogP contribution in [0.2, 0.25) is 10.0 Å². The van der Waals surface area contributed by atoms with E-state index >= 15 is 0 Å². The van der Waals surface area contributed by atoms with Crippen molar-refractivity contribution >= 4 is 33.2 Å². The molecule has 2 aromatic rings. The maximum absolute atomic E-state index is 12.8.